The van der Waals surface area contributed by atoms with E-state index in [-0.39, 0.29) is 5.91 Å². The van der Waals surface area contributed by atoms with E-state index in [1.807, 2.05) is 13.0 Å². The molecule has 0 aliphatic heterocycles. The zero-order valence-electron chi connectivity index (χ0n) is 12.3. The molecule has 0 saturated heterocycles. The molecule has 0 radical (unpaired) electrons. The Kier molecular flexibility index (Phi) is 4.77. The lowest BCUT2D eigenvalue weighted by Crippen LogP contribution is -2.30. The van der Waals surface area contributed by atoms with E-state index in [4.69, 9.17) is 9.47 Å². The molecule has 1 amide bonds. The van der Waals surface area contributed by atoms with Crippen LogP contribution in [0.25, 0.3) is 0 Å². The van der Waals surface area contributed by atoms with Crippen LogP contribution in [-0.2, 0) is 4.79 Å². The van der Waals surface area contributed by atoms with Crippen molar-refractivity contribution < 1.29 is 14.3 Å². The predicted molar refractivity (Wildman–Crippen MR) is 80.7 cm³/mol. The van der Waals surface area contributed by atoms with E-state index < -0.39 is 6.10 Å². The van der Waals surface area contributed by atoms with E-state index in [0.717, 1.165) is 11.3 Å². The molecule has 21 heavy (non-hydrogen) atoms. The van der Waals surface area contributed by atoms with Crippen molar-refractivity contribution in [3.8, 4) is 11.5 Å². The topological polar surface area (TPSA) is 60.5 Å². The Labute approximate surface area is 123 Å². The highest BCUT2D eigenvalue weighted by atomic mass is 16.5. The number of ether oxygens (including phenoxy) is 2. The maximum atomic E-state index is 12.1. The summed E-state index contributed by atoms with van der Waals surface area (Å²) in [5.41, 5.74) is 1.03. The summed E-state index contributed by atoms with van der Waals surface area (Å²) in [6, 6.07) is 10.7. The smallest absolute Gasteiger partial charge is 0.266 e. The molecule has 0 bridgehead atoms. The fourth-order valence-corrected chi connectivity index (χ4v) is 1.74. The van der Waals surface area contributed by atoms with E-state index in [9.17, 15) is 4.79 Å². The summed E-state index contributed by atoms with van der Waals surface area (Å²) in [6.45, 7) is 3.63. The summed E-state index contributed by atoms with van der Waals surface area (Å²) < 4.78 is 10.7. The molecular formula is C16H18N2O3. The SMILES string of the molecule is COc1ccc(OC(C)C(=O)Nc2cc(C)ccn2)cc1. The van der Waals surface area contributed by atoms with Gasteiger partial charge < -0.3 is 14.8 Å². The van der Waals surface area contributed by atoms with Crippen molar-refractivity contribution in [2.75, 3.05) is 12.4 Å². The average molecular weight is 286 g/mol. The van der Waals surface area contributed by atoms with E-state index in [1.54, 1.807) is 50.6 Å². The number of aromatic nitrogens is 1. The van der Waals surface area contributed by atoms with Gasteiger partial charge in [-0.15, -0.1) is 0 Å². The van der Waals surface area contributed by atoms with Crippen LogP contribution in [0.1, 0.15) is 12.5 Å². The first-order chi connectivity index (χ1) is 10.1. The lowest BCUT2D eigenvalue weighted by molar-refractivity contribution is -0.122. The molecule has 2 aromatic rings. The molecule has 0 aliphatic carbocycles. The van der Waals surface area contributed by atoms with Crippen LogP contribution in [0.4, 0.5) is 5.82 Å². The van der Waals surface area contributed by atoms with Crippen LogP contribution in [0.2, 0.25) is 0 Å². The van der Waals surface area contributed by atoms with Crippen molar-refractivity contribution in [2.45, 2.75) is 20.0 Å². The number of benzene rings is 1. The van der Waals surface area contributed by atoms with Gasteiger partial charge in [-0.3, -0.25) is 4.79 Å². The number of amides is 1. The number of nitrogens with one attached hydrogen (secondary N) is 1. The van der Waals surface area contributed by atoms with Gasteiger partial charge >= 0.3 is 0 Å². The van der Waals surface area contributed by atoms with E-state index >= 15 is 0 Å². The van der Waals surface area contributed by atoms with Crippen molar-refractivity contribution in [3.63, 3.8) is 0 Å². The number of pyridine rings is 1. The standard InChI is InChI=1S/C16H18N2O3/c1-11-8-9-17-15(10-11)18-16(19)12(2)21-14-6-4-13(20-3)5-7-14/h4-10,12H,1-3H3,(H,17,18,19). The van der Waals surface area contributed by atoms with Crippen molar-refractivity contribution in [2.24, 2.45) is 0 Å². The third kappa shape index (κ3) is 4.21. The largest absolute Gasteiger partial charge is 0.497 e. The maximum absolute atomic E-state index is 12.1. The van der Waals surface area contributed by atoms with Crippen LogP contribution in [0.3, 0.4) is 0 Å². The highest BCUT2D eigenvalue weighted by Crippen LogP contribution is 2.18. The summed E-state index contributed by atoms with van der Waals surface area (Å²) in [7, 11) is 1.60. The van der Waals surface area contributed by atoms with Gasteiger partial charge in [0.25, 0.3) is 5.91 Å². The number of hydrogen-bond donors (Lipinski definition) is 1. The van der Waals surface area contributed by atoms with Gasteiger partial charge in [0, 0.05) is 6.20 Å². The van der Waals surface area contributed by atoms with Crippen molar-refractivity contribution in [1.82, 2.24) is 4.98 Å². The molecule has 1 heterocycles. The minimum Gasteiger partial charge on any atom is -0.497 e. The number of rotatable bonds is 5. The summed E-state index contributed by atoms with van der Waals surface area (Å²) >= 11 is 0. The molecule has 1 aromatic heterocycles. The number of aryl methyl sites for hydroxylation is 1. The number of carbonyl (C=O) groups is 1. The highest BCUT2D eigenvalue weighted by Gasteiger charge is 2.15. The minimum atomic E-state index is -0.624. The first-order valence-corrected chi connectivity index (χ1v) is 6.62. The number of anilines is 1. The zero-order valence-corrected chi connectivity index (χ0v) is 12.3. The normalized spacial score (nSPS) is 11.6. The van der Waals surface area contributed by atoms with Crippen molar-refractivity contribution in [1.29, 1.82) is 0 Å². The van der Waals surface area contributed by atoms with Gasteiger partial charge in [-0.1, -0.05) is 0 Å². The lowest BCUT2D eigenvalue weighted by Gasteiger charge is -2.14. The summed E-state index contributed by atoms with van der Waals surface area (Å²) in [5.74, 6) is 1.62. The maximum Gasteiger partial charge on any atom is 0.266 e. The van der Waals surface area contributed by atoms with Crippen LogP contribution in [-0.4, -0.2) is 24.1 Å². The lowest BCUT2D eigenvalue weighted by atomic mass is 10.3. The fourth-order valence-electron chi connectivity index (χ4n) is 1.74. The molecule has 1 aromatic carbocycles. The molecule has 5 heteroatoms. The van der Waals surface area contributed by atoms with Crippen molar-refractivity contribution >= 4 is 11.7 Å². The second-order valence-electron chi connectivity index (χ2n) is 4.64. The van der Waals surface area contributed by atoms with Gasteiger partial charge in [0.05, 0.1) is 7.11 Å². The number of nitrogens with zero attached hydrogens (tertiary/aromatic N) is 1. The Morgan fingerprint density at radius 2 is 1.86 bits per heavy atom. The van der Waals surface area contributed by atoms with Gasteiger partial charge in [0.1, 0.15) is 17.3 Å². The molecule has 2 rings (SSSR count). The molecule has 0 fully saturated rings. The third-order valence-electron chi connectivity index (χ3n) is 2.91. The number of hydrogen-bond acceptors (Lipinski definition) is 4. The Morgan fingerprint density at radius 3 is 2.48 bits per heavy atom. The molecule has 0 saturated carbocycles. The van der Waals surface area contributed by atoms with Gasteiger partial charge in [0.15, 0.2) is 6.10 Å². The monoisotopic (exact) mass is 286 g/mol. The first kappa shape index (κ1) is 14.8. The second kappa shape index (κ2) is 6.74. The minimum absolute atomic E-state index is 0.246. The Hall–Kier alpha value is -2.56. The van der Waals surface area contributed by atoms with Gasteiger partial charge in [-0.2, -0.15) is 0 Å². The molecule has 110 valence electrons. The summed E-state index contributed by atoms with van der Waals surface area (Å²) in [5, 5.41) is 2.73. The molecular weight excluding hydrogens is 268 g/mol. The van der Waals surface area contributed by atoms with E-state index in [1.165, 1.54) is 0 Å². The molecule has 1 unspecified atom stereocenters. The Balaban J connectivity index is 1.95. The molecule has 0 aliphatic rings. The molecule has 1 atom stereocenters. The van der Waals surface area contributed by atoms with Crippen LogP contribution >= 0.6 is 0 Å². The Morgan fingerprint density at radius 1 is 1.19 bits per heavy atom. The summed E-state index contributed by atoms with van der Waals surface area (Å²) in [4.78, 5) is 16.1. The number of methoxy groups -OCH3 is 1. The van der Waals surface area contributed by atoms with E-state index in [0.29, 0.717) is 11.6 Å². The second-order valence-corrected chi connectivity index (χ2v) is 4.64. The first-order valence-electron chi connectivity index (χ1n) is 6.62. The average Bonchev–Trinajstić information content (AvgIpc) is 2.48. The van der Waals surface area contributed by atoms with Crippen LogP contribution in [0, 0.1) is 6.92 Å². The van der Waals surface area contributed by atoms with Crippen LogP contribution < -0.4 is 14.8 Å². The number of carbonyl (C=O) groups excluding carboxylic acids is 1. The molecule has 0 spiro atoms. The third-order valence-corrected chi connectivity index (χ3v) is 2.91. The van der Waals surface area contributed by atoms with Crippen molar-refractivity contribution in [3.05, 3.63) is 48.2 Å². The van der Waals surface area contributed by atoms with Gasteiger partial charge in [-0.05, 0) is 55.8 Å². The molecule has 5 nitrogen and oxygen atoms in total. The molecule has 1 N–H and O–H groups in total. The predicted octanol–water partition coefficient (Wildman–Crippen LogP) is 2.80. The Bertz CT molecular complexity index is 611. The van der Waals surface area contributed by atoms with Gasteiger partial charge in [0.2, 0.25) is 0 Å². The van der Waals surface area contributed by atoms with Gasteiger partial charge in [-0.25, -0.2) is 4.98 Å². The zero-order chi connectivity index (χ0) is 15.2. The van der Waals surface area contributed by atoms with Crippen LogP contribution in [0.5, 0.6) is 11.5 Å². The van der Waals surface area contributed by atoms with Crippen LogP contribution in [0.15, 0.2) is 42.6 Å². The highest BCUT2D eigenvalue weighted by molar-refractivity contribution is 5.93. The quantitative estimate of drug-likeness (QED) is 0.918. The fraction of sp³-hybridized carbons (Fsp3) is 0.250. The van der Waals surface area contributed by atoms with E-state index in [2.05, 4.69) is 10.3 Å². The summed E-state index contributed by atoms with van der Waals surface area (Å²) in [6.07, 6.45) is 1.03.